The van der Waals surface area contributed by atoms with Crippen molar-refractivity contribution in [1.82, 2.24) is 5.32 Å². The lowest BCUT2D eigenvalue weighted by molar-refractivity contribution is 0.607. The van der Waals surface area contributed by atoms with Gasteiger partial charge in [-0.15, -0.1) is 0 Å². The zero-order chi connectivity index (χ0) is 6.85. The van der Waals surface area contributed by atoms with Gasteiger partial charge in [0, 0.05) is 11.8 Å². The molecule has 9 heavy (non-hydrogen) atoms. The quantitative estimate of drug-likeness (QED) is 0.587. The highest BCUT2D eigenvalue weighted by molar-refractivity contribution is 8.23. The largest absolute Gasteiger partial charge is 0.370 e. The van der Waals surface area contributed by atoms with Crippen LogP contribution in [0.1, 0.15) is 13.8 Å². The van der Waals surface area contributed by atoms with Gasteiger partial charge in [-0.25, -0.2) is 0 Å². The predicted molar refractivity (Wildman–Crippen MR) is 46.8 cm³/mol. The highest BCUT2D eigenvalue weighted by Crippen LogP contribution is 2.24. The van der Waals surface area contributed by atoms with Crippen molar-refractivity contribution in [3.05, 3.63) is 0 Å². The Morgan fingerprint density at radius 2 is 2.44 bits per heavy atom. The van der Waals surface area contributed by atoms with Crippen LogP contribution >= 0.6 is 24.0 Å². The second kappa shape index (κ2) is 2.88. The Hall–Kier alpha value is 0.240. The number of nitrogens with one attached hydrogen (secondary N) is 1. The molecule has 0 unspecified atom stereocenters. The summed E-state index contributed by atoms with van der Waals surface area (Å²) in [5, 5.41) is 3.85. The Morgan fingerprint density at radius 3 is 2.67 bits per heavy atom. The topological polar surface area (TPSA) is 12.0 Å². The van der Waals surface area contributed by atoms with E-state index in [1.807, 2.05) is 0 Å². The molecule has 52 valence electrons. The summed E-state index contributed by atoms with van der Waals surface area (Å²) in [6.07, 6.45) is 0. The molecule has 0 spiro atoms. The number of hydrogen-bond acceptors (Lipinski definition) is 2. The average Bonchev–Trinajstić information content (AvgIpc) is 2.14. The standard InChI is InChI=1S/C6H11NS2/c1-4(2)5-3-7-6(8)9-5/h4-5H,3H2,1-2H3,(H,7,8)/t5-/m1/s1. The molecule has 1 saturated heterocycles. The lowest BCUT2D eigenvalue weighted by Gasteiger charge is -2.08. The normalized spacial score (nSPS) is 27.0. The van der Waals surface area contributed by atoms with Gasteiger partial charge in [0.15, 0.2) is 0 Å². The van der Waals surface area contributed by atoms with Crippen molar-refractivity contribution in [3.63, 3.8) is 0 Å². The molecule has 0 aromatic carbocycles. The molecule has 1 aliphatic rings. The first-order chi connectivity index (χ1) is 4.20. The molecule has 0 aliphatic carbocycles. The summed E-state index contributed by atoms with van der Waals surface area (Å²) >= 11 is 6.76. The molecule has 0 bridgehead atoms. The molecule has 1 heterocycles. The van der Waals surface area contributed by atoms with Crippen molar-refractivity contribution in [2.24, 2.45) is 5.92 Å². The molecule has 1 atom stereocenters. The molecule has 1 aliphatic heterocycles. The monoisotopic (exact) mass is 161 g/mol. The lowest BCUT2D eigenvalue weighted by Crippen LogP contribution is -2.18. The fraction of sp³-hybridized carbons (Fsp3) is 0.833. The van der Waals surface area contributed by atoms with Crippen molar-refractivity contribution in [1.29, 1.82) is 0 Å². The van der Waals surface area contributed by atoms with Crippen LogP contribution in [0.5, 0.6) is 0 Å². The Balaban J connectivity index is 2.39. The summed E-state index contributed by atoms with van der Waals surface area (Å²) in [5.41, 5.74) is 0. The average molecular weight is 161 g/mol. The van der Waals surface area contributed by atoms with Gasteiger partial charge < -0.3 is 5.32 Å². The van der Waals surface area contributed by atoms with Crippen LogP contribution in [0, 0.1) is 5.92 Å². The first-order valence-corrected chi connectivity index (χ1v) is 4.43. The Bertz CT molecular complexity index is 122. The van der Waals surface area contributed by atoms with Gasteiger partial charge in [-0.05, 0) is 5.92 Å². The number of thiocarbonyl (C=S) groups is 1. The summed E-state index contributed by atoms with van der Waals surface area (Å²) < 4.78 is 0.966. The van der Waals surface area contributed by atoms with Crippen LogP contribution in [0.15, 0.2) is 0 Å². The highest BCUT2D eigenvalue weighted by Gasteiger charge is 2.21. The van der Waals surface area contributed by atoms with Crippen LogP contribution in [0.2, 0.25) is 0 Å². The summed E-state index contributed by atoms with van der Waals surface area (Å²) in [4.78, 5) is 0. The van der Waals surface area contributed by atoms with Crippen molar-refractivity contribution < 1.29 is 0 Å². The van der Waals surface area contributed by atoms with Gasteiger partial charge in [0.25, 0.3) is 0 Å². The highest BCUT2D eigenvalue weighted by atomic mass is 32.2. The summed E-state index contributed by atoms with van der Waals surface area (Å²) in [7, 11) is 0. The second-order valence-electron chi connectivity index (χ2n) is 2.57. The van der Waals surface area contributed by atoms with Gasteiger partial charge in [-0.3, -0.25) is 0 Å². The molecule has 0 aromatic rings. The number of hydrogen-bond donors (Lipinski definition) is 1. The maximum atomic E-state index is 4.97. The SMILES string of the molecule is CC(C)[C@H]1CNC(=S)S1. The van der Waals surface area contributed by atoms with Crippen LogP contribution in [-0.2, 0) is 0 Å². The van der Waals surface area contributed by atoms with Crippen molar-refractivity contribution in [2.45, 2.75) is 19.1 Å². The van der Waals surface area contributed by atoms with E-state index in [1.165, 1.54) is 0 Å². The van der Waals surface area contributed by atoms with E-state index in [2.05, 4.69) is 19.2 Å². The molecule has 0 radical (unpaired) electrons. The molecule has 0 amide bonds. The van der Waals surface area contributed by atoms with E-state index in [9.17, 15) is 0 Å². The van der Waals surface area contributed by atoms with Crippen LogP contribution < -0.4 is 5.32 Å². The van der Waals surface area contributed by atoms with E-state index in [1.54, 1.807) is 11.8 Å². The van der Waals surface area contributed by atoms with Crippen LogP contribution in [0.3, 0.4) is 0 Å². The molecule has 1 nitrogen and oxygen atoms in total. The molecule has 1 N–H and O–H groups in total. The third-order valence-electron chi connectivity index (χ3n) is 1.45. The minimum Gasteiger partial charge on any atom is -0.370 e. The molecular weight excluding hydrogens is 150 g/mol. The van der Waals surface area contributed by atoms with Gasteiger partial charge in [-0.2, -0.15) is 0 Å². The number of rotatable bonds is 1. The van der Waals surface area contributed by atoms with Crippen molar-refractivity contribution >= 4 is 28.3 Å². The van der Waals surface area contributed by atoms with Gasteiger partial charge in [0.1, 0.15) is 4.32 Å². The van der Waals surface area contributed by atoms with Gasteiger partial charge in [-0.1, -0.05) is 37.8 Å². The number of thioether (sulfide) groups is 1. The maximum absolute atomic E-state index is 4.97. The summed E-state index contributed by atoms with van der Waals surface area (Å²) in [5.74, 6) is 0.739. The minimum atomic E-state index is 0.706. The predicted octanol–water partition coefficient (Wildman–Crippen LogP) is 1.63. The van der Waals surface area contributed by atoms with E-state index in [0.717, 1.165) is 16.8 Å². The summed E-state index contributed by atoms with van der Waals surface area (Å²) in [6.45, 7) is 5.52. The first-order valence-electron chi connectivity index (χ1n) is 3.14. The zero-order valence-electron chi connectivity index (χ0n) is 5.68. The van der Waals surface area contributed by atoms with Crippen molar-refractivity contribution in [2.75, 3.05) is 6.54 Å². The third kappa shape index (κ3) is 1.83. The fourth-order valence-corrected chi connectivity index (χ4v) is 2.11. The van der Waals surface area contributed by atoms with E-state index in [4.69, 9.17) is 12.2 Å². The molecule has 0 saturated carbocycles. The molecule has 1 rings (SSSR count). The smallest absolute Gasteiger partial charge is 0.134 e. The maximum Gasteiger partial charge on any atom is 0.134 e. The molecule has 0 aromatic heterocycles. The minimum absolute atomic E-state index is 0.706. The van der Waals surface area contributed by atoms with E-state index < -0.39 is 0 Å². The van der Waals surface area contributed by atoms with E-state index in [-0.39, 0.29) is 0 Å². The van der Waals surface area contributed by atoms with Gasteiger partial charge >= 0.3 is 0 Å². The molecule has 3 heteroatoms. The Labute approximate surface area is 65.6 Å². The first kappa shape index (κ1) is 7.35. The van der Waals surface area contributed by atoms with Crippen LogP contribution in [0.4, 0.5) is 0 Å². The third-order valence-corrected chi connectivity index (χ3v) is 3.25. The Kier molecular flexibility index (Phi) is 2.35. The molecular formula is C6H11NS2. The Morgan fingerprint density at radius 1 is 1.78 bits per heavy atom. The van der Waals surface area contributed by atoms with E-state index >= 15 is 0 Å². The van der Waals surface area contributed by atoms with Crippen molar-refractivity contribution in [3.8, 4) is 0 Å². The summed E-state index contributed by atoms with van der Waals surface area (Å²) in [6, 6.07) is 0. The fourth-order valence-electron chi connectivity index (χ4n) is 0.777. The lowest BCUT2D eigenvalue weighted by atomic mass is 10.1. The molecule has 1 fully saturated rings. The second-order valence-corrected chi connectivity index (χ2v) is 4.48. The van der Waals surface area contributed by atoms with Gasteiger partial charge in [0.2, 0.25) is 0 Å². The van der Waals surface area contributed by atoms with E-state index in [0.29, 0.717) is 5.25 Å². The van der Waals surface area contributed by atoms with Gasteiger partial charge in [0.05, 0.1) is 0 Å². The zero-order valence-corrected chi connectivity index (χ0v) is 7.31. The van der Waals surface area contributed by atoms with Crippen LogP contribution in [-0.4, -0.2) is 16.1 Å². The van der Waals surface area contributed by atoms with Crippen LogP contribution in [0.25, 0.3) is 0 Å².